The van der Waals surface area contributed by atoms with E-state index in [4.69, 9.17) is 0 Å². The van der Waals surface area contributed by atoms with Crippen molar-refractivity contribution >= 4 is 17.2 Å². The number of aromatic nitrogens is 3. The van der Waals surface area contributed by atoms with Crippen molar-refractivity contribution in [1.82, 2.24) is 14.4 Å². The molecule has 0 fully saturated rings. The van der Waals surface area contributed by atoms with Crippen molar-refractivity contribution in [3.63, 3.8) is 0 Å². The molecule has 0 atom stereocenters. The number of carbonyl (C=O) groups excluding carboxylic acids is 1. The summed E-state index contributed by atoms with van der Waals surface area (Å²) in [5, 5.41) is 2.90. The number of nitrogens with one attached hydrogen (secondary N) is 1. The third-order valence-corrected chi connectivity index (χ3v) is 4.30. The van der Waals surface area contributed by atoms with Crippen molar-refractivity contribution in [1.29, 1.82) is 0 Å². The smallest absolute Gasteiger partial charge is 0.275 e. The van der Waals surface area contributed by atoms with Crippen LogP contribution in [0.1, 0.15) is 21.9 Å². The molecule has 1 aromatic carbocycles. The maximum absolute atomic E-state index is 12.5. The molecule has 3 heterocycles. The lowest BCUT2D eigenvalue weighted by molar-refractivity contribution is 0.102. The number of rotatable bonds is 3. The summed E-state index contributed by atoms with van der Waals surface area (Å²) in [6.45, 7) is 3.95. The number of aryl methyl sites for hydroxylation is 2. The molecule has 0 aliphatic rings. The Hall–Kier alpha value is -3.47. The molecule has 0 bridgehead atoms. The molecule has 0 aliphatic carbocycles. The summed E-state index contributed by atoms with van der Waals surface area (Å²) < 4.78 is 1.91. The van der Waals surface area contributed by atoms with E-state index in [1.165, 1.54) is 0 Å². The van der Waals surface area contributed by atoms with E-state index >= 15 is 0 Å². The first-order valence-electron chi connectivity index (χ1n) is 8.39. The van der Waals surface area contributed by atoms with Crippen LogP contribution in [0.3, 0.4) is 0 Å². The number of pyridine rings is 2. The summed E-state index contributed by atoms with van der Waals surface area (Å²) in [5.41, 5.74) is 6.08. The van der Waals surface area contributed by atoms with Gasteiger partial charge in [-0.25, -0.2) is 4.98 Å². The van der Waals surface area contributed by atoms with Gasteiger partial charge in [-0.3, -0.25) is 9.78 Å². The summed E-state index contributed by atoms with van der Waals surface area (Å²) >= 11 is 0. The van der Waals surface area contributed by atoms with Gasteiger partial charge in [0.2, 0.25) is 0 Å². The van der Waals surface area contributed by atoms with E-state index in [9.17, 15) is 4.79 Å². The molecule has 26 heavy (non-hydrogen) atoms. The molecule has 0 aliphatic heterocycles. The van der Waals surface area contributed by atoms with E-state index in [2.05, 4.69) is 15.3 Å². The standard InChI is InChI=1S/C21H18N4O/c1-14-12-17(10-11-22-14)16-6-8-18(9-7-16)23-21(26)19-13-25-15(2)4-3-5-20(25)24-19/h3-13H,1-2H3,(H,23,26). The zero-order chi connectivity index (χ0) is 18.1. The zero-order valence-electron chi connectivity index (χ0n) is 14.6. The molecule has 0 unspecified atom stereocenters. The maximum Gasteiger partial charge on any atom is 0.275 e. The van der Waals surface area contributed by atoms with Gasteiger partial charge >= 0.3 is 0 Å². The largest absolute Gasteiger partial charge is 0.321 e. The Morgan fingerprint density at radius 3 is 2.54 bits per heavy atom. The topological polar surface area (TPSA) is 59.3 Å². The number of anilines is 1. The number of carbonyl (C=O) groups is 1. The Morgan fingerprint density at radius 1 is 1.00 bits per heavy atom. The van der Waals surface area contributed by atoms with Gasteiger partial charge < -0.3 is 9.72 Å². The van der Waals surface area contributed by atoms with E-state index < -0.39 is 0 Å². The van der Waals surface area contributed by atoms with E-state index in [1.54, 1.807) is 12.4 Å². The lowest BCUT2D eigenvalue weighted by Crippen LogP contribution is -2.12. The van der Waals surface area contributed by atoms with Crippen LogP contribution in [0.15, 0.2) is 67.0 Å². The number of amides is 1. The number of hydrogen-bond donors (Lipinski definition) is 1. The number of fused-ring (bicyclic) bond motifs is 1. The molecular weight excluding hydrogens is 324 g/mol. The Balaban J connectivity index is 1.54. The van der Waals surface area contributed by atoms with Crippen LogP contribution < -0.4 is 5.32 Å². The highest BCUT2D eigenvalue weighted by atomic mass is 16.1. The lowest BCUT2D eigenvalue weighted by Gasteiger charge is -2.06. The molecule has 4 aromatic rings. The number of hydrogen-bond acceptors (Lipinski definition) is 3. The van der Waals surface area contributed by atoms with E-state index in [0.29, 0.717) is 5.69 Å². The minimum atomic E-state index is -0.222. The highest BCUT2D eigenvalue weighted by molar-refractivity contribution is 6.03. The van der Waals surface area contributed by atoms with Crippen LogP contribution in [0.5, 0.6) is 0 Å². The summed E-state index contributed by atoms with van der Waals surface area (Å²) in [7, 11) is 0. The highest BCUT2D eigenvalue weighted by Gasteiger charge is 2.12. The molecule has 0 saturated carbocycles. The Kier molecular flexibility index (Phi) is 3.97. The Bertz CT molecular complexity index is 1100. The third-order valence-electron chi connectivity index (χ3n) is 4.30. The highest BCUT2D eigenvalue weighted by Crippen LogP contribution is 2.22. The molecule has 128 valence electrons. The van der Waals surface area contributed by atoms with Crippen LogP contribution in [0, 0.1) is 13.8 Å². The second kappa shape index (κ2) is 6.44. The van der Waals surface area contributed by atoms with Crippen molar-refractivity contribution in [2.24, 2.45) is 0 Å². The molecular formula is C21H18N4O. The van der Waals surface area contributed by atoms with Gasteiger partial charge in [0.05, 0.1) is 0 Å². The molecule has 0 spiro atoms. The van der Waals surface area contributed by atoms with Crippen LogP contribution in [0.25, 0.3) is 16.8 Å². The molecule has 5 nitrogen and oxygen atoms in total. The van der Waals surface area contributed by atoms with Gasteiger partial charge in [0, 0.05) is 29.5 Å². The summed E-state index contributed by atoms with van der Waals surface area (Å²) in [5.74, 6) is -0.222. The summed E-state index contributed by atoms with van der Waals surface area (Å²) in [6.07, 6.45) is 3.56. The van der Waals surface area contributed by atoms with E-state index in [0.717, 1.165) is 33.8 Å². The first kappa shape index (κ1) is 16.0. The molecule has 4 rings (SSSR count). The maximum atomic E-state index is 12.5. The van der Waals surface area contributed by atoms with Crippen LogP contribution in [0.4, 0.5) is 5.69 Å². The molecule has 1 amide bonds. The zero-order valence-corrected chi connectivity index (χ0v) is 14.6. The van der Waals surface area contributed by atoms with Crippen molar-refractivity contribution in [2.75, 3.05) is 5.32 Å². The van der Waals surface area contributed by atoms with E-state index in [-0.39, 0.29) is 5.91 Å². The molecule has 5 heteroatoms. The van der Waals surface area contributed by atoms with Gasteiger partial charge in [-0.15, -0.1) is 0 Å². The average molecular weight is 342 g/mol. The van der Waals surface area contributed by atoms with Crippen molar-refractivity contribution in [2.45, 2.75) is 13.8 Å². The average Bonchev–Trinajstić information content (AvgIpc) is 3.08. The van der Waals surface area contributed by atoms with Gasteiger partial charge in [-0.2, -0.15) is 0 Å². The first-order valence-corrected chi connectivity index (χ1v) is 8.39. The van der Waals surface area contributed by atoms with Gasteiger partial charge in [0.15, 0.2) is 0 Å². The molecule has 3 aromatic heterocycles. The van der Waals surface area contributed by atoms with Gasteiger partial charge in [0.1, 0.15) is 11.3 Å². The fourth-order valence-electron chi connectivity index (χ4n) is 2.92. The number of imidazole rings is 1. The van der Waals surface area contributed by atoms with Gasteiger partial charge in [-0.1, -0.05) is 18.2 Å². The van der Waals surface area contributed by atoms with Crippen molar-refractivity contribution < 1.29 is 4.79 Å². The minimum absolute atomic E-state index is 0.222. The van der Waals surface area contributed by atoms with Crippen LogP contribution in [-0.4, -0.2) is 20.3 Å². The number of nitrogens with zero attached hydrogens (tertiary/aromatic N) is 3. The second-order valence-electron chi connectivity index (χ2n) is 6.24. The Morgan fingerprint density at radius 2 is 1.81 bits per heavy atom. The van der Waals surface area contributed by atoms with Crippen LogP contribution >= 0.6 is 0 Å². The fraction of sp³-hybridized carbons (Fsp3) is 0.0952. The molecule has 0 radical (unpaired) electrons. The van der Waals surface area contributed by atoms with Crippen LogP contribution in [0.2, 0.25) is 0 Å². The van der Waals surface area contributed by atoms with Crippen LogP contribution in [-0.2, 0) is 0 Å². The van der Waals surface area contributed by atoms with Gasteiger partial charge in [-0.05, 0) is 61.4 Å². The predicted octanol–water partition coefficient (Wildman–Crippen LogP) is 4.27. The quantitative estimate of drug-likeness (QED) is 0.605. The SMILES string of the molecule is Cc1cc(-c2ccc(NC(=O)c3cn4c(C)cccc4n3)cc2)ccn1. The minimum Gasteiger partial charge on any atom is -0.321 e. The monoisotopic (exact) mass is 342 g/mol. The van der Waals surface area contributed by atoms with Crippen molar-refractivity contribution in [3.05, 3.63) is 84.1 Å². The summed E-state index contributed by atoms with van der Waals surface area (Å²) in [6, 6.07) is 17.6. The van der Waals surface area contributed by atoms with E-state index in [1.807, 2.05) is 72.8 Å². The Labute approximate surface area is 151 Å². The normalized spacial score (nSPS) is 10.8. The van der Waals surface area contributed by atoms with Gasteiger partial charge in [0.25, 0.3) is 5.91 Å². The van der Waals surface area contributed by atoms with Crippen molar-refractivity contribution in [3.8, 4) is 11.1 Å². The number of benzene rings is 1. The fourth-order valence-corrected chi connectivity index (χ4v) is 2.92. The predicted molar refractivity (Wildman–Crippen MR) is 102 cm³/mol. The molecule has 0 saturated heterocycles. The lowest BCUT2D eigenvalue weighted by atomic mass is 10.1. The third kappa shape index (κ3) is 3.07. The second-order valence-corrected chi connectivity index (χ2v) is 6.24. The summed E-state index contributed by atoms with van der Waals surface area (Å²) in [4.78, 5) is 21.1. The molecule has 1 N–H and O–H groups in total. The first-order chi connectivity index (χ1) is 12.6.